The van der Waals surface area contributed by atoms with Gasteiger partial charge in [-0.25, -0.2) is 0 Å². The van der Waals surface area contributed by atoms with E-state index in [0.717, 1.165) is 15.6 Å². The van der Waals surface area contributed by atoms with Crippen LogP contribution in [0.25, 0.3) is 10.9 Å². The Morgan fingerprint density at radius 1 is 1.64 bits per heavy atom. The van der Waals surface area contributed by atoms with Gasteiger partial charge in [0, 0.05) is 35.3 Å². The summed E-state index contributed by atoms with van der Waals surface area (Å²) >= 11 is 3.40. The number of nitrogens with one attached hydrogen (secondary N) is 1. The molecule has 4 nitrogen and oxygen atoms in total. The van der Waals surface area contributed by atoms with Crippen LogP contribution in [0.5, 0.6) is 0 Å². The van der Waals surface area contributed by atoms with E-state index in [9.17, 15) is 4.79 Å². The SMILES string of the molecule is Cn1cc(Br)c2cc(CN)[nH]c2c1=O. The van der Waals surface area contributed by atoms with Crippen LogP contribution in [0, 0.1) is 0 Å². The standard InChI is InChI=1S/C9H10BrN3O/c1-13-4-7(10)6-2-5(3-11)12-8(6)9(13)14/h2,4,12H,3,11H2,1H3. The van der Waals surface area contributed by atoms with Gasteiger partial charge < -0.3 is 15.3 Å². The van der Waals surface area contributed by atoms with Gasteiger partial charge in [-0.1, -0.05) is 0 Å². The number of nitrogens with zero attached hydrogens (tertiary/aromatic N) is 1. The third-order valence-corrected chi connectivity index (χ3v) is 2.82. The second-order valence-electron chi connectivity index (χ2n) is 3.18. The van der Waals surface area contributed by atoms with E-state index >= 15 is 0 Å². The summed E-state index contributed by atoms with van der Waals surface area (Å²) in [5, 5.41) is 0.883. The minimum Gasteiger partial charge on any atom is -0.353 e. The van der Waals surface area contributed by atoms with Crippen molar-refractivity contribution >= 4 is 26.8 Å². The van der Waals surface area contributed by atoms with E-state index in [2.05, 4.69) is 20.9 Å². The normalized spacial score (nSPS) is 11.1. The second-order valence-corrected chi connectivity index (χ2v) is 4.03. The van der Waals surface area contributed by atoms with Gasteiger partial charge >= 0.3 is 0 Å². The summed E-state index contributed by atoms with van der Waals surface area (Å²) in [5.74, 6) is 0. The van der Waals surface area contributed by atoms with Gasteiger partial charge in [-0.05, 0) is 22.0 Å². The molecule has 74 valence electrons. The number of aryl methyl sites for hydroxylation is 1. The molecule has 0 aromatic carbocycles. The first-order valence-electron chi connectivity index (χ1n) is 4.20. The van der Waals surface area contributed by atoms with Crippen molar-refractivity contribution in [1.29, 1.82) is 0 Å². The molecular weight excluding hydrogens is 246 g/mol. The number of aromatic nitrogens is 2. The molecule has 0 aliphatic carbocycles. The zero-order valence-corrected chi connectivity index (χ0v) is 9.26. The van der Waals surface area contributed by atoms with E-state index in [4.69, 9.17) is 5.73 Å². The van der Waals surface area contributed by atoms with E-state index in [0.29, 0.717) is 12.1 Å². The maximum atomic E-state index is 11.7. The predicted molar refractivity (Wildman–Crippen MR) is 59.1 cm³/mol. The van der Waals surface area contributed by atoms with Gasteiger partial charge in [-0.3, -0.25) is 4.79 Å². The van der Waals surface area contributed by atoms with Gasteiger partial charge in [0.15, 0.2) is 0 Å². The Bertz CT molecular complexity index is 541. The van der Waals surface area contributed by atoms with Crippen molar-refractivity contribution in [3.05, 3.63) is 32.8 Å². The smallest absolute Gasteiger partial charge is 0.274 e. The summed E-state index contributed by atoms with van der Waals surface area (Å²) in [6, 6.07) is 1.89. The number of halogens is 1. The van der Waals surface area contributed by atoms with Crippen LogP contribution in [0.1, 0.15) is 5.69 Å². The van der Waals surface area contributed by atoms with Crippen LogP contribution in [0.4, 0.5) is 0 Å². The molecule has 0 fully saturated rings. The van der Waals surface area contributed by atoms with E-state index in [1.165, 1.54) is 4.57 Å². The van der Waals surface area contributed by atoms with Gasteiger partial charge in [0.2, 0.25) is 0 Å². The molecule has 0 saturated heterocycles. The number of fused-ring (bicyclic) bond motifs is 1. The van der Waals surface area contributed by atoms with Crippen molar-refractivity contribution in [3.63, 3.8) is 0 Å². The van der Waals surface area contributed by atoms with Crippen LogP contribution in [0.3, 0.4) is 0 Å². The predicted octanol–water partition coefficient (Wildman–Crippen LogP) is 1.09. The Morgan fingerprint density at radius 3 is 3.00 bits per heavy atom. The minimum atomic E-state index is -0.0390. The molecule has 3 N–H and O–H groups in total. The maximum absolute atomic E-state index is 11.7. The summed E-state index contributed by atoms with van der Waals surface area (Å²) in [5.41, 5.74) is 6.92. The molecule has 0 unspecified atom stereocenters. The average Bonchev–Trinajstić information content (AvgIpc) is 2.58. The van der Waals surface area contributed by atoms with E-state index in [1.54, 1.807) is 13.2 Å². The van der Waals surface area contributed by atoms with Crippen LogP contribution < -0.4 is 11.3 Å². The van der Waals surface area contributed by atoms with Crippen LogP contribution >= 0.6 is 15.9 Å². The molecular formula is C9H10BrN3O. The summed E-state index contributed by atoms with van der Waals surface area (Å²) in [7, 11) is 1.72. The lowest BCUT2D eigenvalue weighted by molar-refractivity contribution is 0.865. The summed E-state index contributed by atoms with van der Waals surface area (Å²) in [4.78, 5) is 14.7. The first-order valence-corrected chi connectivity index (χ1v) is 4.99. The lowest BCUT2D eigenvalue weighted by Gasteiger charge is -1.98. The fraction of sp³-hybridized carbons (Fsp3) is 0.222. The van der Waals surface area contributed by atoms with E-state index < -0.39 is 0 Å². The Kier molecular flexibility index (Phi) is 2.20. The first-order chi connectivity index (χ1) is 6.63. The molecule has 0 bridgehead atoms. The van der Waals surface area contributed by atoms with E-state index in [1.807, 2.05) is 6.07 Å². The maximum Gasteiger partial charge on any atom is 0.274 e. The number of H-pyrrole nitrogens is 1. The molecule has 0 atom stereocenters. The Morgan fingerprint density at radius 2 is 2.36 bits per heavy atom. The highest BCUT2D eigenvalue weighted by Gasteiger charge is 2.08. The Balaban J connectivity index is 2.91. The number of nitrogens with two attached hydrogens (primary N) is 1. The monoisotopic (exact) mass is 255 g/mol. The molecule has 2 aromatic rings. The summed E-state index contributed by atoms with van der Waals surface area (Å²) in [6.45, 7) is 0.407. The largest absolute Gasteiger partial charge is 0.353 e. The fourth-order valence-electron chi connectivity index (χ4n) is 1.45. The molecule has 5 heteroatoms. The topological polar surface area (TPSA) is 63.8 Å². The van der Waals surface area contributed by atoms with Gasteiger partial charge in [-0.15, -0.1) is 0 Å². The average molecular weight is 256 g/mol. The highest BCUT2D eigenvalue weighted by molar-refractivity contribution is 9.10. The molecule has 0 radical (unpaired) electrons. The zero-order valence-electron chi connectivity index (χ0n) is 7.67. The fourth-order valence-corrected chi connectivity index (χ4v) is 2.07. The number of hydrogen-bond acceptors (Lipinski definition) is 2. The van der Waals surface area contributed by atoms with Crippen molar-refractivity contribution in [3.8, 4) is 0 Å². The molecule has 0 amide bonds. The quantitative estimate of drug-likeness (QED) is 0.802. The Hall–Kier alpha value is -1.07. The third kappa shape index (κ3) is 1.29. The van der Waals surface area contributed by atoms with Crippen molar-refractivity contribution in [2.45, 2.75) is 6.54 Å². The number of hydrogen-bond donors (Lipinski definition) is 2. The second kappa shape index (κ2) is 3.25. The van der Waals surface area contributed by atoms with Gasteiger partial charge in [0.25, 0.3) is 5.56 Å². The lowest BCUT2D eigenvalue weighted by atomic mass is 10.3. The van der Waals surface area contributed by atoms with Crippen molar-refractivity contribution in [2.24, 2.45) is 12.8 Å². The minimum absolute atomic E-state index is 0.0390. The molecule has 2 heterocycles. The number of aromatic amines is 1. The van der Waals surface area contributed by atoms with E-state index in [-0.39, 0.29) is 5.56 Å². The molecule has 0 aliphatic heterocycles. The first kappa shape index (κ1) is 9.48. The van der Waals surface area contributed by atoms with Gasteiger partial charge in [0.05, 0.1) is 0 Å². The lowest BCUT2D eigenvalue weighted by Crippen LogP contribution is -2.16. The number of pyridine rings is 1. The van der Waals surface area contributed by atoms with Gasteiger partial charge in [-0.2, -0.15) is 0 Å². The van der Waals surface area contributed by atoms with Gasteiger partial charge in [0.1, 0.15) is 5.52 Å². The molecule has 14 heavy (non-hydrogen) atoms. The molecule has 0 saturated carbocycles. The highest BCUT2D eigenvalue weighted by Crippen LogP contribution is 2.21. The third-order valence-electron chi connectivity index (χ3n) is 2.19. The van der Waals surface area contributed by atoms with Crippen LogP contribution in [-0.2, 0) is 13.6 Å². The number of rotatable bonds is 1. The molecule has 0 aliphatic rings. The zero-order chi connectivity index (χ0) is 10.3. The molecule has 2 rings (SSSR count). The van der Waals surface area contributed by atoms with Crippen molar-refractivity contribution in [1.82, 2.24) is 9.55 Å². The van der Waals surface area contributed by atoms with Crippen LogP contribution in [0.15, 0.2) is 21.5 Å². The summed E-state index contributed by atoms with van der Waals surface area (Å²) in [6.07, 6.45) is 1.75. The van der Waals surface area contributed by atoms with Crippen LogP contribution in [-0.4, -0.2) is 9.55 Å². The van der Waals surface area contributed by atoms with Crippen LogP contribution in [0.2, 0.25) is 0 Å². The Labute approximate surface area is 88.9 Å². The summed E-state index contributed by atoms with van der Waals surface area (Å²) < 4.78 is 2.42. The molecule has 2 aromatic heterocycles. The van der Waals surface area contributed by atoms with Crippen molar-refractivity contribution < 1.29 is 0 Å². The van der Waals surface area contributed by atoms with Crippen molar-refractivity contribution in [2.75, 3.05) is 0 Å². The highest BCUT2D eigenvalue weighted by atomic mass is 79.9. The molecule has 0 spiro atoms.